The summed E-state index contributed by atoms with van der Waals surface area (Å²) < 4.78 is 0. The lowest BCUT2D eigenvalue weighted by atomic mass is 9.88. The molecule has 1 aromatic carbocycles. The zero-order chi connectivity index (χ0) is 14.1. The summed E-state index contributed by atoms with van der Waals surface area (Å²) in [4.78, 5) is 13.2. The van der Waals surface area contributed by atoms with Gasteiger partial charge in [0, 0.05) is 13.1 Å². The molecule has 0 heterocycles. The highest BCUT2D eigenvalue weighted by molar-refractivity contribution is 5.87. The molecule has 2 fully saturated rings. The van der Waals surface area contributed by atoms with Crippen molar-refractivity contribution in [1.82, 2.24) is 4.90 Å². The standard InChI is InChI=1S/C17H23NO2/c1-18(11-16-9-13-4-7-15(16)8-13)10-12-2-5-14(6-3-12)17(19)20/h2-3,5-6,13,15-16H,4,7-11H2,1H3,(H,19,20). The van der Waals surface area contributed by atoms with Crippen molar-refractivity contribution >= 4 is 5.97 Å². The number of benzene rings is 1. The number of aromatic carboxylic acids is 1. The van der Waals surface area contributed by atoms with Crippen LogP contribution in [0.5, 0.6) is 0 Å². The van der Waals surface area contributed by atoms with Gasteiger partial charge in [0.15, 0.2) is 0 Å². The summed E-state index contributed by atoms with van der Waals surface area (Å²) in [6.45, 7) is 2.09. The summed E-state index contributed by atoms with van der Waals surface area (Å²) in [7, 11) is 2.18. The minimum Gasteiger partial charge on any atom is -0.478 e. The summed E-state index contributed by atoms with van der Waals surface area (Å²) >= 11 is 0. The Bertz CT molecular complexity index is 482. The SMILES string of the molecule is CN(Cc1ccc(C(=O)O)cc1)CC1CC2CCC1C2. The van der Waals surface area contributed by atoms with Gasteiger partial charge in [-0.15, -0.1) is 0 Å². The number of fused-ring (bicyclic) bond motifs is 2. The van der Waals surface area contributed by atoms with E-state index in [0.29, 0.717) is 5.56 Å². The average Bonchev–Trinajstić information content (AvgIpc) is 3.01. The van der Waals surface area contributed by atoms with Gasteiger partial charge in [-0.2, -0.15) is 0 Å². The third kappa shape index (κ3) is 2.88. The second-order valence-electron chi connectivity index (χ2n) is 6.63. The molecule has 0 radical (unpaired) electrons. The van der Waals surface area contributed by atoms with E-state index in [2.05, 4.69) is 11.9 Å². The molecule has 108 valence electrons. The van der Waals surface area contributed by atoms with Crippen LogP contribution in [0.25, 0.3) is 0 Å². The Morgan fingerprint density at radius 3 is 2.55 bits per heavy atom. The van der Waals surface area contributed by atoms with E-state index in [1.54, 1.807) is 12.1 Å². The van der Waals surface area contributed by atoms with Gasteiger partial charge < -0.3 is 10.0 Å². The Kier molecular flexibility index (Phi) is 3.79. The van der Waals surface area contributed by atoms with Crippen molar-refractivity contribution in [2.75, 3.05) is 13.6 Å². The zero-order valence-electron chi connectivity index (χ0n) is 12.1. The molecule has 1 N–H and O–H groups in total. The molecule has 3 atom stereocenters. The molecular weight excluding hydrogens is 250 g/mol. The second kappa shape index (κ2) is 5.57. The Hall–Kier alpha value is -1.35. The normalized spacial score (nSPS) is 28.2. The van der Waals surface area contributed by atoms with Crippen molar-refractivity contribution in [1.29, 1.82) is 0 Å². The van der Waals surface area contributed by atoms with Crippen LogP contribution in [-0.4, -0.2) is 29.6 Å². The van der Waals surface area contributed by atoms with Crippen molar-refractivity contribution in [2.24, 2.45) is 17.8 Å². The molecule has 0 spiro atoms. The Morgan fingerprint density at radius 1 is 1.25 bits per heavy atom. The Morgan fingerprint density at radius 2 is 2.00 bits per heavy atom. The molecular formula is C17H23NO2. The van der Waals surface area contributed by atoms with Crippen LogP contribution in [0.2, 0.25) is 0 Å². The number of rotatable bonds is 5. The molecule has 2 bridgehead atoms. The van der Waals surface area contributed by atoms with E-state index in [4.69, 9.17) is 5.11 Å². The first kappa shape index (κ1) is 13.6. The van der Waals surface area contributed by atoms with E-state index in [9.17, 15) is 4.79 Å². The predicted molar refractivity (Wildman–Crippen MR) is 78.7 cm³/mol. The maximum Gasteiger partial charge on any atom is 0.335 e. The maximum atomic E-state index is 10.8. The first-order valence-corrected chi connectivity index (χ1v) is 7.62. The lowest BCUT2D eigenvalue weighted by Gasteiger charge is -2.27. The molecule has 0 saturated heterocycles. The predicted octanol–water partition coefficient (Wildman–Crippen LogP) is 3.25. The van der Waals surface area contributed by atoms with E-state index < -0.39 is 5.97 Å². The highest BCUT2D eigenvalue weighted by atomic mass is 16.4. The van der Waals surface area contributed by atoms with Crippen LogP contribution in [0.4, 0.5) is 0 Å². The van der Waals surface area contributed by atoms with Crippen LogP contribution >= 0.6 is 0 Å². The molecule has 1 aromatic rings. The topological polar surface area (TPSA) is 40.5 Å². The molecule has 0 aromatic heterocycles. The number of carboxylic acids is 1. The first-order chi connectivity index (χ1) is 9.61. The van der Waals surface area contributed by atoms with Crippen LogP contribution in [0, 0.1) is 17.8 Å². The number of hydrogen-bond acceptors (Lipinski definition) is 2. The summed E-state index contributed by atoms with van der Waals surface area (Å²) in [5.74, 6) is 2.01. The largest absolute Gasteiger partial charge is 0.478 e. The van der Waals surface area contributed by atoms with Gasteiger partial charge in [0.05, 0.1) is 5.56 Å². The lowest BCUT2D eigenvalue weighted by Crippen LogP contribution is -2.28. The van der Waals surface area contributed by atoms with Gasteiger partial charge in [0.2, 0.25) is 0 Å². The average molecular weight is 273 g/mol. The molecule has 3 nitrogen and oxygen atoms in total. The molecule has 0 amide bonds. The van der Waals surface area contributed by atoms with Gasteiger partial charge in [-0.1, -0.05) is 18.6 Å². The molecule has 2 saturated carbocycles. The van der Waals surface area contributed by atoms with E-state index in [0.717, 1.165) is 24.3 Å². The van der Waals surface area contributed by atoms with Crippen molar-refractivity contribution in [3.8, 4) is 0 Å². The summed E-state index contributed by atoms with van der Waals surface area (Å²) in [5, 5.41) is 8.90. The van der Waals surface area contributed by atoms with Crippen molar-refractivity contribution < 1.29 is 9.90 Å². The molecule has 2 aliphatic carbocycles. The van der Waals surface area contributed by atoms with Crippen molar-refractivity contribution in [3.63, 3.8) is 0 Å². The summed E-state index contributed by atoms with van der Waals surface area (Å²) in [5.41, 5.74) is 1.56. The van der Waals surface area contributed by atoms with Gasteiger partial charge >= 0.3 is 5.97 Å². The minimum absolute atomic E-state index is 0.365. The molecule has 3 unspecified atom stereocenters. The zero-order valence-corrected chi connectivity index (χ0v) is 12.1. The Labute approximate surface area is 120 Å². The van der Waals surface area contributed by atoms with Crippen molar-refractivity contribution in [3.05, 3.63) is 35.4 Å². The van der Waals surface area contributed by atoms with Gasteiger partial charge in [-0.25, -0.2) is 4.79 Å². The highest BCUT2D eigenvalue weighted by Crippen LogP contribution is 2.48. The Balaban J connectivity index is 1.53. The number of nitrogens with zero attached hydrogens (tertiary/aromatic N) is 1. The smallest absolute Gasteiger partial charge is 0.335 e. The maximum absolute atomic E-state index is 10.8. The number of carboxylic acid groups (broad SMARTS) is 1. The van der Waals surface area contributed by atoms with Crippen LogP contribution < -0.4 is 0 Å². The van der Waals surface area contributed by atoms with Gasteiger partial charge in [-0.05, 0) is 61.8 Å². The molecule has 3 rings (SSSR count). The first-order valence-electron chi connectivity index (χ1n) is 7.62. The fourth-order valence-corrected chi connectivity index (χ4v) is 4.13. The molecule has 0 aliphatic heterocycles. The van der Waals surface area contributed by atoms with Crippen LogP contribution in [-0.2, 0) is 6.54 Å². The van der Waals surface area contributed by atoms with Crippen LogP contribution in [0.3, 0.4) is 0 Å². The van der Waals surface area contributed by atoms with Crippen molar-refractivity contribution in [2.45, 2.75) is 32.2 Å². The second-order valence-corrected chi connectivity index (χ2v) is 6.63. The van der Waals surface area contributed by atoms with Crippen LogP contribution in [0.15, 0.2) is 24.3 Å². The summed E-state index contributed by atoms with van der Waals surface area (Å²) in [6.07, 6.45) is 5.79. The molecule has 20 heavy (non-hydrogen) atoms. The van der Waals surface area contributed by atoms with E-state index in [1.165, 1.54) is 37.8 Å². The minimum atomic E-state index is -0.855. The molecule has 3 heteroatoms. The third-order valence-electron chi connectivity index (χ3n) is 5.08. The van der Waals surface area contributed by atoms with E-state index >= 15 is 0 Å². The molecule has 2 aliphatic rings. The fourth-order valence-electron chi connectivity index (χ4n) is 4.13. The highest BCUT2D eigenvalue weighted by Gasteiger charge is 2.39. The quantitative estimate of drug-likeness (QED) is 0.895. The van der Waals surface area contributed by atoms with E-state index in [-0.39, 0.29) is 0 Å². The fraction of sp³-hybridized carbons (Fsp3) is 0.588. The van der Waals surface area contributed by atoms with Crippen LogP contribution in [0.1, 0.15) is 41.6 Å². The van der Waals surface area contributed by atoms with Gasteiger partial charge in [-0.3, -0.25) is 0 Å². The summed E-state index contributed by atoms with van der Waals surface area (Å²) in [6, 6.07) is 7.26. The van der Waals surface area contributed by atoms with E-state index in [1.807, 2.05) is 12.1 Å². The lowest BCUT2D eigenvalue weighted by molar-refractivity contribution is 0.0697. The van der Waals surface area contributed by atoms with Gasteiger partial charge in [0.25, 0.3) is 0 Å². The van der Waals surface area contributed by atoms with Gasteiger partial charge in [0.1, 0.15) is 0 Å². The number of hydrogen-bond donors (Lipinski definition) is 1. The number of carbonyl (C=O) groups is 1. The third-order valence-corrected chi connectivity index (χ3v) is 5.08. The monoisotopic (exact) mass is 273 g/mol.